The molecule has 146 valence electrons. The maximum atomic E-state index is 13.1. The van der Waals surface area contributed by atoms with E-state index in [1.54, 1.807) is 16.7 Å². The highest BCUT2D eigenvalue weighted by Gasteiger charge is 2.30. The summed E-state index contributed by atoms with van der Waals surface area (Å²) in [6.07, 6.45) is 6.07. The molecule has 28 heavy (non-hydrogen) atoms. The van der Waals surface area contributed by atoms with E-state index in [1.165, 1.54) is 19.3 Å². The Morgan fingerprint density at radius 1 is 1.00 bits per heavy atom. The summed E-state index contributed by atoms with van der Waals surface area (Å²) in [5.74, 6) is -0.0525. The Hall–Kier alpha value is -2.27. The summed E-state index contributed by atoms with van der Waals surface area (Å²) >= 11 is 1.71. The molecule has 1 heterocycles. The first-order chi connectivity index (χ1) is 13.7. The van der Waals surface area contributed by atoms with Gasteiger partial charge in [-0.15, -0.1) is 11.8 Å². The predicted octanol–water partition coefficient (Wildman–Crippen LogP) is 4.71. The molecular weight excluding hydrogens is 368 g/mol. The van der Waals surface area contributed by atoms with Gasteiger partial charge in [-0.25, -0.2) is 0 Å². The Bertz CT molecular complexity index is 834. The second kappa shape index (κ2) is 8.82. The van der Waals surface area contributed by atoms with Crippen LogP contribution in [0.5, 0.6) is 0 Å². The van der Waals surface area contributed by atoms with Crippen LogP contribution < -0.4 is 10.2 Å². The van der Waals surface area contributed by atoms with Crippen LogP contribution in [-0.2, 0) is 9.59 Å². The number of amides is 2. The van der Waals surface area contributed by atoms with E-state index >= 15 is 0 Å². The van der Waals surface area contributed by atoms with Crippen LogP contribution in [0.3, 0.4) is 0 Å². The molecule has 1 saturated carbocycles. The molecule has 2 aliphatic rings. The van der Waals surface area contributed by atoms with E-state index in [1.807, 2.05) is 42.5 Å². The molecule has 4 nitrogen and oxygen atoms in total. The van der Waals surface area contributed by atoms with Gasteiger partial charge in [0.05, 0.1) is 5.69 Å². The van der Waals surface area contributed by atoms with E-state index in [2.05, 4.69) is 17.4 Å². The SMILES string of the molecule is O=C(CN1C(=O)C[C@H](c2ccccc2)Sc2ccccc21)NC1CCCCC1. The van der Waals surface area contributed by atoms with Crippen molar-refractivity contribution in [1.29, 1.82) is 0 Å². The summed E-state index contributed by atoms with van der Waals surface area (Å²) in [4.78, 5) is 28.5. The monoisotopic (exact) mass is 394 g/mol. The van der Waals surface area contributed by atoms with Crippen molar-refractivity contribution in [3.63, 3.8) is 0 Å². The van der Waals surface area contributed by atoms with Crippen molar-refractivity contribution < 1.29 is 9.59 Å². The largest absolute Gasteiger partial charge is 0.352 e. The first-order valence-electron chi connectivity index (χ1n) is 10.1. The molecule has 0 aromatic heterocycles. The third kappa shape index (κ3) is 4.41. The second-order valence-corrected chi connectivity index (χ2v) is 8.82. The maximum absolute atomic E-state index is 13.1. The predicted molar refractivity (Wildman–Crippen MR) is 113 cm³/mol. The fraction of sp³-hybridized carbons (Fsp3) is 0.391. The van der Waals surface area contributed by atoms with Crippen LogP contribution in [0.2, 0.25) is 0 Å². The van der Waals surface area contributed by atoms with E-state index in [0.29, 0.717) is 6.42 Å². The summed E-state index contributed by atoms with van der Waals surface area (Å²) in [6, 6.07) is 18.3. The van der Waals surface area contributed by atoms with Gasteiger partial charge in [0.2, 0.25) is 11.8 Å². The zero-order chi connectivity index (χ0) is 19.3. The topological polar surface area (TPSA) is 49.4 Å². The molecule has 1 atom stereocenters. The van der Waals surface area contributed by atoms with Gasteiger partial charge >= 0.3 is 0 Å². The molecular formula is C23H26N2O2S. The summed E-state index contributed by atoms with van der Waals surface area (Å²) in [5.41, 5.74) is 1.99. The van der Waals surface area contributed by atoms with E-state index in [-0.39, 0.29) is 29.7 Å². The molecule has 4 rings (SSSR count). The lowest BCUT2D eigenvalue weighted by Crippen LogP contribution is -2.45. The molecule has 1 aliphatic heterocycles. The normalized spacial score (nSPS) is 20.4. The van der Waals surface area contributed by atoms with E-state index in [4.69, 9.17) is 0 Å². The Kier molecular flexibility index (Phi) is 6.01. The van der Waals surface area contributed by atoms with Gasteiger partial charge in [0.25, 0.3) is 0 Å². The fourth-order valence-electron chi connectivity index (χ4n) is 4.07. The van der Waals surface area contributed by atoms with Crippen molar-refractivity contribution in [1.82, 2.24) is 5.32 Å². The van der Waals surface area contributed by atoms with Crippen molar-refractivity contribution in [3.8, 4) is 0 Å². The number of hydrogen-bond donors (Lipinski definition) is 1. The number of fused-ring (bicyclic) bond motifs is 1. The third-order valence-electron chi connectivity index (χ3n) is 5.53. The summed E-state index contributed by atoms with van der Waals surface area (Å²) < 4.78 is 0. The first kappa shape index (κ1) is 19.1. The van der Waals surface area contributed by atoms with Crippen molar-refractivity contribution in [2.24, 2.45) is 0 Å². The molecule has 1 N–H and O–H groups in total. The van der Waals surface area contributed by atoms with E-state index in [9.17, 15) is 9.59 Å². The Balaban J connectivity index is 1.54. The van der Waals surface area contributed by atoms with Crippen molar-refractivity contribution in [2.45, 2.75) is 54.7 Å². The Morgan fingerprint density at radius 3 is 2.50 bits per heavy atom. The lowest BCUT2D eigenvalue weighted by atomic mass is 9.95. The number of benzene rings is 2. The van der Waals surface area contributed by atoms with Crippen LogP contribution in [0.15, 0.2) is 59.5 Å². The van der Waals surface area contributed by atoms with Crippen LogP contribution in [0.25, 0.3) is 0 Å². The van der Waals surface area contributed by atoms with Crippen molar-refractivity contribution in [2.75, 3.05) is 11.4 Å². The van der Waals surface area contributed by atoms with Gasteiger partial charge in [-0.1, -0.05) is 61.7 Å². The van der Waals surface area contributed by atoms with Gasteiger partial charge < -0.3 is 10.2 Å². The number of para-hydroxylation sites is 1. The molecule has 1 aliphatic carbocycles. The third-order valence-corrected chi connectivity index (χ3v) is 6.85. The van der Waals surface area contributed by atoms with E-state index < -0.39 is 0 Å². The van der Waals surface area contributed by atoms with Gasteiger partial charge in [-0.2, -0.15) is 0 Å². The summed E-state index contributed by atoms with van der Waals surface area (Å²) in [7, 11) is 0. The highest BCUT2D eigenvalue weighted by molar-refractivity contribution is 7.99. The number of rotatable bonds is 4. The smallest absolute Gasteiger partial charge is 0.240 e. The molecule has 0 spiro atoms. The van der Waals surface area contributed by atoms with Crippen LogP contribution >= 0.6 is 11.8 Å². The van der Waals surface area contributed by atoms with Gasteiger partial charge in [0.15, 0.2) is 0 Å². The number of nitrogens with zero attached hydrogens (tertiary/aromatic N) is 1. The number of thioether (sulfide) groups is 1. The lowest BCUT2D eigenvalue weighted by molar-refractivity contribution is -0.124. The van der Waals surface area contributed by atoms with Crippen molar-refractivity contribution >= 4 is 29.3 Å². The molecule has 2 aromatic carbocycles. The fourth-order valence-corrected chi connectivity index (χ4v) is 5.35. The van der Waals surface area contributed by atoms with Crippen LogP contribution in [0, 0.1) is 0 Å². The minimum atomic E-state index is -0.0572. The van der Waals surface area contributed by atoms with Crippen molar-refractivity contribution in [3.05, 3.63) is 60.2 Å². The number of carbonyl (C=O) groups excluding carboxylic acids is 2. The van der Waals surface area contributed by atoms with Gasteiger partial charge in [0.1, 0.15) is 6.54 Å². The quantitative estimate of drug-likeness (QED) is 0.817. The molecule has 0 unspecified atom stereocenters. The Morgan fingerprint density at radius 2 is 1.71 bits per heavy atom. The van der Waals surface area contributed by atoms with Gasteiger partial charge in [0, 0.05) is 22.6 Å². The molecule has 0 radical (unpaired) electrons. The number of hydrogen-bond acceptors (Lipinski definition) is 3. The average Bonchev–Trinajstić information content (AvgIpc) is 2.86. The standard InChI is InChI=1S/C23H26N2O2S/c26-22(24-18-11-5-2-6-12-18)16-25-19-13-7-8-14-20(19)28-21(15-23(25)27)17-9-3-1-4-10-17/h1,3-4,7-10,13-14,18,21H,2,5-6,11-12,15-16H2,(H,24,26)/t21-/m1/s1. The zero-order valence-corrected chi connectivity index (χ0v) is 16.8. The van der Waals surface area contributed by atoms with Crippen LogP contribution in [0.1, 0.15) is 49.3 Å². The summed E-state index contributed by atoms with van der Waals surface area (Å²) in [6.45, 7) is 0.0917. The summed E-state index contributed by atoms with van der Waals surface area (Å²) in [5, 5.41) is 3.20. The van der Waals surface area contributed by atoms with Crippen LogP contribution in [-0.4, -0.2) is 24.4 Å². The molecule has 5 heteroatoms. The molecule has 0 saturated heterocycles. The number of anilines is 1. The number of nitrogens with one attached hydrogen (secondary N) is 1. The van der Waals surface area contributed by atoms with Gasteiger partial charge in [-0.05, 0) is 30.5 Å². The van der Waals surface area contributed by atoms with Gasteiger partial charge in [-0.3, -0.25) is 9.59 Å². The maximum Gasteiger partial charge on any atom is 0.240 e. The Labute approximate surface area is 170 Å². The van der Waals surface area contributed by atoms with Crippen LogP contribution in [0.4, 0.5) is 5.69 Å². The minimum Gasteiger partial charge on any atom is -0.352 e. The highest BCUT2D eigenvalue weighted by Crippen LogP contribution is 2.45. The first-order valence-corrected chi connectivity index (χ1v) is 11.0. The number of carbonyl (C=O) groups is 2. The lowest BCUT2D eigenvalue weighted by Gasteiger charge is -2.26. The zero-order valence-electron chi connectivity index (χ0n) is 16.0. The molecule has 2 amide bonds. The van der Waals surface area contributed by atoms with E-state index in [0.717, 1.165) is 29.0 Å². The second-order valence-electron chi connectivity index (χ2n) is 7.57. The molecule has 0 bridgehead atoms. The highest BCUT2D eigenvalue weighted by atomic mass is 32.2. The average molecular weight is 395 g/mol. The molecule has 2 aromatic rings. The minimum absolute atomic E-state index is 0.00472. The molecule has 1 fully saturated rings.